The monoisotopic (exact) mass is 343 g/mol. The van der Waals surface area contributed by atoms with Crippen LogP contribution in [0.1, 0.15) is 28.8 Å². The lowest BCUT2D eigenvalue weighted by atomic mass is 9.96. The maximum Gasteiger partial charge on any atom is 0.416 e. The van der Waals surface area contributed by atoms with Gasteiger partial charge in [0.15, 0.2) is 0 Å². The van der Waals surface area contributed by atoms with Gasteiger partial charge in [-0.25, -0.2) is 0 Å². The Hall–Kier alpha value is -2.09. The van der Waals surface area contributed by atoms with E-state index in [0.717, 1.165) is 12.1 Å². The Morgan fingerprint density at radius 1 is 1.33 bits per heavy atom. The number of hydrogen-bond acceptors (Lipinski definition) is 3. The van der Waals surface area contributed by atoms with Gasteiger partial charge in [0.25, 0.3) is 5.91 Å². The molecule has 1 saturated heterocycles. The van der Waals surface area contributed by atoms with E-state index in [4.69, 9.17) is 5.73 Å². The minimum Gasteiger partial charge on any atom is -0.355 e. The third kappa shape index (κ3) is 4.47. The SMILES string of the molecule is NCCNC(=O)C1CCCN(C(=O)c2cccc(C(F)(F)F)c2)C1. The highest BCUT2D eigenvalue weighted by molar-refractivity contribution is 5.95. The topological polar surface area (TPSA) is 75.4 Å². The minimum atomic E-state index is -4.50. The number of carbonyl (C=O) groups excluding carboxylic acids is 2. The standard InChI is InChI=1S/C16H20F3N3O2/c17-16(18,19)13-5-1-3-11(9-13)15(24)22-8-2-4-12(10-22)14(23)21-7-6-20/h1,3,5,9,12H,2,4,6-8,10,20H2,(H,21,23). The van der Waals surface area contributed by atoms with Crippen LogP contribution in [0.25, 0.3) is 0 Å². The van der Waals surface area contributed by atoms with Crippen molar-refractivity contribution in [2.45, 2.75) is 19.0 Å². The lowest BCUT2D eigenvalue weighted by Crippen LogP contribution is -2.46. The molecule has 1 aliphatic heterocycles. The molecule has 132 valence electrons. The predicted octanol–water partition coefficient (Wildman–Crippen LogP) is 1.63. The quantitative estimate of drug-likeness (QED) is 0.873. The summed E-state index contributed by atoms with van der Waals surface area (Å²) in [7, 11) is 0. The first kappa shape index (κ1) is 18.3. The Bertz CT molecular complexity index is 604. The van der Waals surface area contributed by atoms with Crippen molar-refractivity contribution in [1.29, 1.82) is 0 Å². The summed E-state index contributed by atoms with van der Waals surface area (Å²) in [5, 5.41) is 2.68. The van der Waals surface area contributed by atoms with Crippen LogP contribution in [-0.4, -0.2) is 42.9 Å². The number of nitrogens with zero attached hydrogens (tertiary/aromatic N) is 1. The van der Waals surface area contributed by atoms with Crippen LogP contribution >= 0.6 is 0 Å². The Balaban J connectivity index is 2.08. The second kappa shape index (κ2) is 7.65. The van der Waals surface area contributed by atoms with Crippen LogP contribution in [0.5, 0.6) is 0 Å². The third-order valence-electron chi connectivity index (χ3n) is 3.96. The van der Waals surface area contributed by atoms with E-state index in [1.165, 1.54) is 17.0 Å². The van der Waals surface area contributed by atoms with E-state index >= 15 is 0 Å². The van der Waals surface area contributed by atoms with Crippen LogP contribution < -0.4 is 11.1 Å². The first-order valence-electron chi connectivity index (χ1n) is 7.77. The van der Waals surface area contributed by atoms with Crippen molar-refractivity contribution in [3.8, 4) is 0 Å². The van der Waals surface area contributed by atoms with Crippen LogP contribution in [0.3, 0.4) is 0 Å². The van der Waals surface area contributed by atoms with E-state index in [-0.39, 0.29) is 23.9 Å². The molecule has 0 saturated carbocycles. The number of piperidine rings is 1. The molecule has 1 aromatic rings. The molecule has 1 unspecified atom stereocenters. The summed E-state index contributed by atoms with van der Waals surface area (Å²) in [5.74, 6) is -1.03. The second-order valence-corrected chi connectivity index (χ2v) is 5.75. The average Bonchev–Trinajstić information content (AvgIpc) is 2.58. The first-order valence-corrected chi connectivity index (χ1v) is 7.77. The fourth-order valence-electron chi connectivity index (χ4n) is 2.73. The van der Waals surface area contributed by atoms with E-state index in [0.29, 0.717) is 32.5 Å². The van der Waals surface area contributed by atoms with Gasteiger partial charge in [-0.05, 0) is 31.0 Å². The molecule has 0 radical (unpaired) electrons. The number of alkyl halides is 3. The molecular weight excluding hydrogens is 323 g/mol. The molecule has 1 aromatic carbocycles. The summed E-state index contributed by atoms with van der Waals surface area (Å²) in [5.41, 5.74) is 4.46. The fourth-order valence-corrected chi connectivity index (χ4v) is 2.73. The Kier molecular flexibility index (Phi) is 5.82. The number of likely N-dealkylation sites (tertiary alicyclic amines) is 1. The molecule has 8 heteroatoms. The normalized spacial score (nSPS) is 18.3. The van der Waals surface area contributed by atoms with E-state index < -0.39 is 17.6 Å². The molecule has 1 fully saturated rings. The molecule has 0 aliphatic carbocycles. The summed E-state index contributed by atoms with van der Waals surface area (Å²) in [6.07, 6.45) is -3.23. The highest BCUT2D eigenvalue weighted by Crippen LogP contribution is 2.30. The summed E-state index contributed by atoms with van der Waals surface area (Å²) in [6.45, 7) is 1.31. The summed E-state index contributed by atoms with van der Waals surface area (Å²) in [4.78, 5) is 25.9. The van der Waals surface area contributed by atoms with Crippen LogP contribution in [0.15, 0.2) is 24.3 Å². The molecule has 0 spiro atoms. The van der Waals surface area contributed by atoms with Crippen LogP contribution in [-0.2, 0) is 11.0 Å². The zero-order chi connectivity index (χ0) is 17.7. The Morgan fingerprint density at radius 2 is 2.08 bits per heavy atom. The predicted molar refractivity (Wildman–Crippen MR) is 82.1 cm³/mol. The maximum absolute atomic E-state index is 12.8. The number of amides is 2. The first-order chi connectivity index (χ1) is 11.3. The van der Waals surface area contributed by atoms with Crippen molar-refractivity contribution in [2.75, 3.05) is 26.2 Å². The van der Waals surface area contributed by atoms with E-state index in [1.54, 1.807) is 0 Å². The number of nitrogens with one attached hydrogen (secondary N) is 1. The average molecular weight is 343 g/mol. The Labute approximate surface area is 138 Å². The number of rotatable bonds is 4. The zero-order valence-electron chi connectivity index (χ0n) is 13.1. The molecule has 2 amide bonds. The molecule has 2 rings (SSSR count). The zero-order valence-corrected chi connectivity index (χ0v) is 13.1. The number of nitrogens with two attached hydrogens (primary N) is 1. The fraction of sp³-hybridized carbons (Fsp3) is 0.500. The highest BCUT2D eigenvalue weighted by atomic mass is 19.4. The van der Waals surface area contributed by atoms with Gasteiger partial charge < -0.3 is 16.0 Å². The minimum absolute atomic E-state index is 0.0205. The summed E-state index contributed by atoms with van der Waals surface area (Å²) < 4.78 is 38.3. The molecule has 5 nitrogen and oxygen atoms in total. The molecule has 24 heavy (non-hydrogen) atoms. The van der Waals surface area contributed by atoms with Crippen LogP contribution in [0.2, 0.25) is 0 Å². The molecule has 0 bridgehead atoms. The van der Waals surface area contributed by atoms with E-state index in [2.05, 4.69) is 5.32 Å². The third-order valence-corrected chi connectivity index (χ3v) is 3.96. The van der Waals surface area contributed by atoms with Crippen molar-refractivity contribution >= 4 is 11.8 Å². The molecule has 3 N–H and O–H groups in total. The lowest BCUT2D eigenvalue weighted by molar-refractivity contribution is -0.137. The molecular formula is C16H20F3N3O2. The number of benzene rings is 1. The molecule has 1 heterocycles. The van der Waals surface area contributed by atoms with Crippen molar-refractivity contribution in [3.05, 3.63) is 35.4 Å². The summed E-state index contributed by atoms with van der Waals surface area (Å²) >= 11 is 0. The van der Waals surface area contributed by atoms with Gasteiger partial charge in [-0.1, -0.05) is 6.07 Å². The van der Waals surface area contributed by atoms with Gasteiger partial charge in [-0.3, -0.25) is 9.59 Å². The van der Waals surface area contributed by atoms with Crippen molar-refractivity contribution in [1.82, 2.24) is 10.2 Å². The largest absolute Gasteiger partial charge is 0.416 e. The smallest absolute Gasteiger partial charge is 0.355 e. The van der Waals surface area contributed by atoms with Crippen molar-refractivity contribution in [3.63, 3.8) is 0 Å². The highest BCUT2D eigenvalue weighted by Gasteiger charge is 2.32. The number of hydrogen-bond donors (Lipinski definition) is 2. The van der Waals surface area contributed by atoms with Crippen LogP contribution in [0.4, 0.5) is 13.2 Å². The second-order valence-electron chi connectivity index (χ2n) is 5.75. The molecule has 1 atom stereocenters. The van der Waals surface area contributed by atoms with Gasteiger partial charge in [0.05, 0.1) is 11.5 Å². The van der Waals surface area contributed by atoms with Crippen molar-refractivity contribution in [2.24, 2.45) is 11.7 Å². The Morgan fingerprint density at radius 3 is 2.75 bits per heavy atom. The van der Waals surface area contributed by atoms with E-state index in [9.17, 15) is 22.8 Å². The maximum atomic E-state index is 12.8. The molecule has 1 aliphatic rings. The van der Waals surface area contributed by atoms with Gasteiger partial charge in [0, 0.05) is 31.7 Å². The van der Waals surface area contributed by atoms with Gasteiger partial charge >= 0.3 is 6.18 Å². The lowest BCUT2D eigenvalue weighted by Gasteiger charge is -2.32. The number of carbonyl (C=O) groups is 2. The van der Waals surface area contributed by atoms with Crippen molar-refractivity contribution < 1.29 is 22.8 Å². The van der Waals surface area contributed by atoms with Gasteiger partial charge in [0.1, 0.15) is 0 Å². The van der Waals surface area contributed by atoms with Gasteiger partial charge in [-0.15, -0.1) is 0 Å². The van der Waals surface area contributed by atoms with Gasteiger partial charge in [0.2, 0.25) is 5.91 Å². The number of halogens is 3. The summed E-state index contributed by atoms with van der Waals surface area (Å²) in [6, 6.07) is 4.34. The molecule has 0 aromatic heterocycles. The van der Waals surface area contributed by atoms with E-state index in [1.807, 2.05) is 0 Å². The van der Waals surface area contributed by atoms with Gasteiger partial charge in [-0.2, -0.15) is 13.2 Å². The van der Waals surface area contributed by atoms with Crippen LogP contribution in [0, 0.1) is 5.92 Å².